The maximum atomic E-state index is 9.56. The van der Waals surface area contributed by atoms with E-state index in [1.165, 1.54) is 0 Å². The number of hydrogen-bond acceptors (Lipinski definition) is 2. The summed E-state index contributed by atoms with van der Waals surface area (Å²) in [6.45, 7) is 3.84. The average Bonchev–Trinajstić information content (AvgIpc) is 2.52. The molecule has 0 spiro atoms. The lowest BCUT2D eigenvalue weighted by molar-refractivity contribution is 0.154. The minimum absolute atomic E-state index is 0.445. The van der Waals surface area contributed by atoms with Crippen molar-refractivity contribution in [2.75, 3.05) is 0 Å². The molecule has 1 N–H and O–H groups in total. The van der Waals surface area contributed by atoms with Crippen molar-refractivity contribution >= 4 is 0 Å². The second kappa shape index (κ2) is 4.74. The zero-order valence-electron chi connectivity index (χ0n) is 8.00. The van der Waals surface area contributed by atoms with E-state index in [1.54, 1.807) is 6.07 Å². The van der Waals surface area contributed by atoms with Gasteiger partial charge in [0.25, 0.3) is 0 Å². The smallest absolute Gasteiger partial charge is 0.133 e. The van der Waals surface area contributed by atoms with Crippen LogP contribution in [0.1, 0.15) is 37.4 Å². The van der Waals surface area contributed by atoms with Crippen LogP contribution in [0.3, 0.4) is 0 Å². The molecule has 70 valence electrons. The van der Waals surface area contributed by atoms with Crippen molar-refractivity contribution in [2.45, 2.75) is 32.8 Å². The Balaban J connectivity index is 2.53. The van der Waals surface area contributed by atoms with Crippen LogP contribution in [0.2, 0.25) is 0 Å². The lowest BCUT2D eigenvalue weighted by Gasteiger charge is -2.01. The number of aryl methyl sites for hydroxylation is 1. The molecule has 0 aliphatic rings. The molecule has 0 saturated carbocycles. The molecule has 0 aromatic carbocycles. The minimum Gasteiger partial charge on any atom is -0.464 e. The average molecular weight is 178 g/mol. The lowest BCUT2D eigenvalue weighted by Crippen LogP contribution is -1.92. The zero-order valence-corrected chi connectivity index (χ0v) is 8.00. The maximum absolute atomic E-state index is 9.56. The van der Waals surface area contributed by atoms with Gasteiger partial charge in [-0.1, -0.05) is 6.92 Å². The third-order valence-electron chi connectivity index (χ3n) is 1.69. The van der Waals surface area contributed by atoms with E-state index in [4.69, 9.17) is 4.42 Å². The van der Waals surface area contributed by atoms with Crippen molar-refractivity contribution in [2.24, 2.45) is 0 Å². The SMILES string of the molecule is CCC#CCC(O)c1ccc(C)o1. The second-order valence-corrected chi connectivity index (χ2v) is 2.88. The third kappa shape index (κ3) is 2.96. The first-order valence-electron chi connectivity index (χ1n) is 4.44. The molecule has 0 saturated heterocycles. The van der Waals surface area contributed by atoms with Gasteiger partial charge in [0.1, 0.15) is 17.6 Å². The van der Waals surface area contributed by atoms with Crippen LogP contribution in [0.15, 0.2) is 16.5 Å². The highest BCUT2D eigenvalue weighted by Gasteiger charge is 2.08. The van der Waals surface area contributed by atoms with Crippen molar-refractivity contribution in [3.8, 4) is 11.8 Å². The van der Waals surface area contributed by atoms with Crippen molar-refractivity contribution in [1.29, 1.82) is 0 Å². The maximum Gasteiger partial charge on any atom is 0.133 e. The van der Waals surface area contributed by atoms with Crippen LogP contribution < -0.4 is 0 Å². The molecule has 0 radical (unpaired) electrons. The Morgan fingerprint density at radius 1 is 1.46 bits per heavy atom. The van der Waals surface area contributed by atoms with E-state index in [9.17, 15) is 5.11 Å². The molecule has 13 heavy (non-hydrogen) atoms. The zero-order chi connectivity index (χ0) is 9.68. The topological polar surface area (TPSA) is 33.4 Å². The van der Waals surface area contributed by atoms with E-state index in [0.29, 0.717) is 12.2 Å². The fraction of sp³-hybridized carbons (Fsp3) is 0.455. The predicted octanol–water partition coefficient (Wildman–Crippen LogP) is 2.42. The molecule has 0 fully saturated rings. The van der Waals surface area contributed by atoms with Gasteiger partial charge in [0.15, 0.2) is 0 Å². The molecule has 1 aromatic rings. The number of aliphatic hydroxyl groups is 1. The van der Waals surface area contributed by atoms with Crippen molar-refractivity contribution in [3.63, 3.8) is 0 Å². The molecule has 2 nitrogen and oxygen atoms in total. The Morgan fingerprint density at radius 3 is 2.77 bits per heavy atom. The number of rotatable bonds is 2. The van der Waals surface area contributed by atoms with Gasteiger partial charge < -0.3 is 9.52 Å². The monoisotopic (exact) mass is 178 g/mol. The Hall–Kier alpha value is -1.20. The van der Waals surface area contributed by atoms with Crippen LogP contribution >= 0.6 is 0 Å². The van der Waals surface area contributed by atoms with E-state index in [1.807, 2.05) is 19.9 Å². The number of hydrogen-bond donors (Lipinski definition) is 1. The van der Waals surface area contributed by atoms with Gasteiger partial charge in [0, 0.05) is 12.8 Å². The first-order chi connectivity index (χ1) is 6.24. The highest BCUT2D eigenvalue weighted by molar-refractivity contribution is 5.11. The Morgan fingerprint density at radius 2 is 2.23 bits per heavy atom. The van der Waals surface area contributed by atoms with Crippen molar-refractivity contribution in [3.05, 3.63) is 23.7 Å². The molecule has 1 aromatic heterocycles. The summed E-state index contributed by atoms with van der Waals surface area (Å²) in [5, 5.41) is 9.56. The number of aliphatic hydroxyl groups excluding tert-OH is 1. The molecule has 1 heterocycles. The summed E-state index contributed by atoms with van der Waals surface area (Å²) in [4.78, 5) is 0. The van der Waals surface area contributed by atoms with Crippen molar-refractivity contribution in [1.82, 2.24) is 0 Å². The summed E-state index contributed by atoms with van der Waals surface area (Å²) in [5.41, 5.74) is 0. The van der Waals surface area contributed by atoms with E-state index >= 15 is 0 Å². The summed E-state index contributed by atoms with van der Waals surface area (Å²) in [7, 11) is 0. The fourth-order valence-electron chi connectivity index (χ4n) is 1.03. The Labute approximate surface area is 78.6 Å². The van der Waals surface area contributed by atoms with Gasteiger partial charge in [0.05, 0.1) is 0 Å². The predicted molar refractivity (Wildman–Crippen MR) is 51.1 cm³/mol. The second-order valence-electron chi connectivity index (χ2n) is 2.88. The highest BCUT2D eigenvalue weighted by atomic mass is 16.4. The first-order valence-corrected chi connectivity index (χ1v) is 4.44. The molecular formula is C11H14O2. The molecule has 1 rings (SSSR count). The summed E-state index contributed by atoms with van der Waals surface area (Å²) < 4.78 is 5.26. The molecule has 0 aliphatic heterocycles. The van der Waals surface area contributed by atoms with Crippen molar-refractivity contribution < 1.29 is 9.52 Å². The van der Waals surface area contributed by atoms with Gasteiger partial charge >= 0.3 is 0 Å². The molecule has 2 heteroatoms. The van der Waals surface area contributed by atoms with Gasteiger partial charge in [0.2, 0.25) is 0 Å². The molecule has 1 atom stereocenters. The molecule has 0 aliphatic carbocycles. The molecule has 0 bridgehead atoms. The Bertz CT molecular complexity index is 314. The summed E-state index contributed by atoms with van der Waals surface area (Å²) >= 11 is 0. The van der Waals surface area contributed by atoms with E-state index in [-0.39, 0.29) is 0 Å². The van der Waals surface area contributed by atoms with Crippen LogP contribution in [0.4, 0.5) is 0 Å². The van der Waals surface area contributed by atoms with E-state index in [0.717, 1.165) is 12.2 Å². The largest absolute Gasteiger partial charge is 0.464 e. The van der Waals surface area contributed by atoms with Crippen LogP contribution in [0.5, 0.6) is 0 Å². The minimum atomic E-state index is -0.590. The molecule has 0 amide bonds. The normalized spacial score (nSPS) is 11.9. The van der Waals surface area contributed by atoms with Gasteiger partial charge in [-0.05, 0) is 19.1 Å². The summed E-state index contributed by atoms with van der Waals surface area (Å²) in [5.74, 6) is 7.20. The standard InChI is InChI=1S/C11H14O2/c1-3-4-5-6-10(12)11-8-7-9(2)13-11/h7-8,10,12H,3,6H2,1-2H3. The van der Waals surface area contributed by atoms with Crippen LogP contribution in [-0.2, 0) is 0 Å². The lowest BCUT2D eigenvalue weighted by atomic mass is 10.2. The van der Waals surface area contributed by atoms with E-state index < -0.39 is 6.10 Å². The van der Waals surface area contributed by atoms with Gasteiger partial charge in [-0.15, -0.1) is 11.8 Å². The van der Waals surface area contributed by atoms with Crippen LogP contribution in [0, 0.1) is 18.8 Å². The van der Waals surface area contributed by atoms with Gasteiger partial charge in [-0.2, -0.15) is 0 Å². The summed E-state index contributed by atoms with van der Waals surface area (Å²) in [6.07, 6.45) is 0.679. The molecular weight excluding hydrogens is 164 g/mol. The summed E-state index contributed by atoms with van der Waals surface area (Å²) in [6, 6.07) is 3.62. The Kier molecular flexibility index (Phi) is 3.60. The first kappa shape index (κ1) is 9.88. The quantitative estimate of drug-likeness (QED) is 0.705. The van der Waals surface area contributed by atoms with Crippen LogP contribution in [0.25, 0.3) is 0 Å². The highest BCUT2D eigenvalue weighted by Crippen LogP contribution is 2.18. The fourth-order valence-corrected chi connectivity index (χ4v) is 1.03. The molecule has 1 unspecified atom stereocenters. The van der Waals surface area contributed by atoms with E-state index in [2.05, 4.69) is 11.8 Å². The number of furan rings is 1. The van der Waals surface area contributed by atoms with Gasteiger partial charge in [-0.25, -0.2) is 0 Å². The van der Waals surface area contributed by atoms with Crippen LogP contribution in [-0.4, -0.2) is 5.11 Å². The third-order valence-corrected chi connectivity index (χ3v) is 1.69. The van der Waals surface area contributed by atoms with Gasteiger partial charge in [-0.3, -0.25) is 0 Å².